The number of thioether (sulfide) groups is 1. The Morgan fingerprint density at radius 2 is 2.32 bits per heavy atom. The van der Waals surface area contributed by atoms with E-state index in [1.807, 2.05) is 22.1 Å². The number of carbonyl (C=O) groups excluding carboxylic acids is 1. The maximum Gasteiger partial charge on any atom is 0.230 e. The van der Waals surface area contributed by atoms with Gasteiger partial charge in [0.2, 0.25) is 11.7 Å². The summed E-state index contributed by atoms with van der Waals surface area (Å²) >= 11 is 3.05. The topological polar surface area (TPSA) is 73.0 Å². The summed E-state index contributed by atoms with van der Waals surface area (Å²) in [6.07, 6.45) is 4.21. The third-order valence-corrected chi connectivity index (χ3v) is 5.28. The number of thiophene rings is 1. The molecule has 0 saturated heterocycles. The fraction of sp³-hybridized carbons (Fsp3) is 0.235. The molecule has 6 nitrogen and oxygen atoms in total. The molecule has 0 bridgehead atoms. The molecule has 0 unspecified atom stereocenters. The van der Waals surface area contributed by atoms with Gasteiger partial charge in [0, 0.05) is 18.0 Å². The predicted octanol–water partition coefficient (Wildman–Crippen LogP) is 3.24. The Balaban J connectivity index is 1.55. The molecule has 3 rings (SSSR count). The Bertz CT molecular complexity index is 810. The van der Waals surface area contributed by atoms with Crippen LogP contribution in [0.2, 0.25) is 0 Å². The SMILES string of the molecule is C=CCn1c(SCC(=O)NCCc2cccs2)nnc1-c1ccco1. The van der Waals surface area contributed by atoms with Crippen LogP contribution >= 0.6 is 23.1 Å². The summed E-state index contributed by atoms with van der Waals surface area (Å²) in [7, 11) is 0. The Morgan fingerprint density at radius 3 is 3.04 bits per heavy atom. The molecule has 0 saturated carbocycles. The minimum Gasteiger partial charge on any atom is -0.461 e. The van der Waals surface area contributed by atoms with E-state index in [2.05, 4.69) is 28.2 Å². The number of nitrogens with zero attached hydrogens (tertiary/aromatic N) is 3. The lowest BCUT2D eigenvalue weighted by atomic mass is 10.3. The Labute approximate surface area is 154 Å². The summed E-state index contributed by atoms with van der Waals surface area (Å²) < 4.78 is 7.27. The fourth-order valence-corrected chi connectivity index (χ4v) is 3.72. The number of amides is 1. The predicted molar refractivity (Wildman–Crippen MR) is 99.7 cm³/mol. The molecule has 0 atom stereocenters. The van der Waals surface area contributed by atoms with Crippen LogP contribution in [0.1, 0.15) is 4.88 Å². The minimum atomic E-state index is -0.0192. The second-order valence-corrected chi connectivity index (χ2v) is 7.13. The van der Waals surface area contributed by atoms with E-state index in [4.69, 9.17) is 4.42 Å². The minimum absolute atomic E-state index is 0.0192. The largest absolute Gasteiger partial charge is 0.461 e. The van der Waals surface area contributed by atoms with Crippen LogP contribution in [0.25, 0.3) is 11.6 Å². The summed E-state index contributed by atoms with van der Waals surface area (Å²) in [5, 5.41) is 14.0. The average molecular weight is 374 g/mol. The van der Waals surface area contributed by atoms with E-state index in [1.54, 1.807) is 29.7 Å². The van der Waals surface area contributed by atoms with Gasteiger partial charge in [0.25, 0.3) is 0 Å². The first kappa shape index (κ1) is 17.5. The maximum atomic E-state index is 12.0. The molecule has 3 heterocycles. The molecule has 25 heavy (non-hydrogen) atoms. The molecule has 0 spiro atoms. The molecule has 0 aliphatic carbocycles. The molecule has 1 amide bonds. The van der Waals surface area contributed by atoms with Crippen LogP contribution in [0.5, 0.6) is 0 Å². The third-order valence-electron chi connectivity index (χ3n) is 3.38. The van der Waals surface area contributed by atoms with Gasteiger partial charge in [-0.15, -0.1) is 28.1 Å². The highest BCUT2D eigenvalue weighted by molar-refractivity contribution is 7.99. The van der Waals surface area contributed by atoms with Crippen LogP contribution in [-0.2, 0) is 17.8 Å². The van der Waals surface area contributed by atoms with E-state index < -0.39 is 0 Å². The quantitative estimate of drug-likeness (QED) is 0.460. The number of rotatable bonds is 9. The van der Waals surface area contributed by atoms with Crippen LogP contribution in [0.3, 0.4) is 0 Å². The molecule has 0 aromatic carbocycles. The second kappa shape index (κ2) is 8.68. The summed E-state index contributed by atoms with van der Waals surface area (Å²) in [6.45, 7) is 4.95. The van der Waals surface area contributed by atoms with Crippen molar-refractivity contribution in [3.05, 3.63) is 53.4 Å². The molecule has 1 N–H and O–H groups in total. The number of aromatic nitrogens is 3. The number of hydrogen-bond donors (Lipinski definition) is 1. The number of allylic oxidation sites excluding steroid dienone is 1. The molecular weight excluding hydrogens is 356 g/mol. The van der Waals surface area contributed by atoms with E-state index in [9.17, 15) is 4.79 Å². The van der Waals surface area contributed by atoms with Gasteiger partial charge >= 0.3 is 0 Å². The zero-order chi connectivity index (χ0) is 17.5. The smallest absolute Gasteiger partial charge is 0.230 e. The van der Waals surface area contributed by atoms with Gasteiger partial charge in [0.1, 0.15) is 0 Å². The van der Waals surface area contributed by atoms with Crippen molar-refractivity contribution in [2.45, 2.75) is 18.1 Å². The zero-order valence-corrected chi connectivity index (χ0v) is 15.2. The Kier molecular flexibility index (Phi) is 6.08. The molecular formula is C17H18N4O2S2. The fourth-order valence-electron chi connectivity index (χ4n) is 2.24. The van der Waals surface area contributed by atoms with Gasteiger partial charge in [-0.1, -0.05) is 23.9 Å². The van der Waals surface area contributed by atoms with Crippen molar-refractivity contribution in [1.29, 1.82) is 0 Å². The van der Waals surface area contributed by atoms with Crippen molar-refractivity contribution in [2.24, 2.45) is 0 Å². The van der Waals surface area contributed by atoms with Gasteiger partial charge < -0.3 is 9.73 Å². The molecule has 0 radical (unpaired) electrons. The van der Waals surface area contributed by atoms with E-state index in [0.717, 1.165) is 6.42 Å². The first-order chi connectivity index (χ1) is 12.3. The molecule has 8 heteroatoms. The number of carbonyl (C=O) groups is 1. The highest BCUT2D eigenvalue weighted by Crippen LogP contribution is 2.24. The molecule has 130 valence electrons. The molecule has 0 fully saturated rings. The number of furan rings is 1. The molecule has 0 aliphatic heterocycles. The van der Waals surface area contributed by atoms with Crippen LogP contribution in [0.4, 0.5) is 0 Å². The van der Waals surface area contributed by atoms with Crippen LogP contribution < -0.4 is 5.32 Å². The summed E-state index contributed by atoms with van der Waals surface area (Å²) in [5.41, 5.74) is 0. The first-order valence-corrected chi connectivity index (χ1v) is 9.64. The Morgan fingerprint density at radius 1 is 1.40 bits per heavy atom. The summed E-state index contributed by atoms with van der Waals surface area (Å²) in [6, 6.07) is 7.71. The van der Waals surface area contributed by atoms with E-state index >= 15 is 0 Å². The third kappa shape index (κ3) is 4.61. The monoisotopic (exact) mass is 374 g/mol. The van der Waals surface area contributed by atoms with Gasteiger partial charge in [0.15, 0.2) is 10.9 Å². The molecule has 0 aliphatic rings. The van der Waals surface area contributed by atoms with Crippen LogP contribution in [0.15, 0.2) is 58.1 Å². The van der Waals surface area contributed by atoms with E-state index in [1.165, 1.54) is 16.6 Å². The highest BCUT2D eigenvalue weighted by Gasteiger charge is 2.16. The summed E-state index contributed by atoms with van der Waals surface area (Å²) in [5.74, 6) is 1.54. The average Bonchev–Trinajstić information content (AvgIpc) is 3.35. The van der Waals surface area contributed by atoms with Crippen molar-refractivity contribution in [1.82, 2.24) is 20.1 Å². The van der Waals surface area contributed by atoms with Crippen molar-refractivity contribution in [3.8, 4) is 11.6 Å². The highest BCUT2D eigenvalue weighted by atomic mass is 32.2. The van der Waals surface area contributed by atoms with Crippen molar-refractivity contribution >= 4 is 29.0 Å². The second-order valence-electron chi connectivity index (χ2n) is 5.15. The normalized spacial score (nSPS) is 10.7. The van der Waals surface area contributed by atoms with Gasteiger partial charge in [-0.25, -0.2) is 0 Å². The number of nitrogens with one attached hydrogen (secondary N) is 1. The van der Waals surface area contributed by atoms with Gasteiger partial charge in [-0.2, -0.15) is 0 Å². The van der Waals surface area contributed by atoms with Gasteiger partial charge in [-0.3, -0.25) is 9.36 Å². The van der Waals surface area contributed by atoms with E-state index in [0.29, 0.717) is 29.8 Å². The zero-order valence-electron chi connectivity index (χ0n) is 13.6. The standard InChI is InChI=1S/C17H18N4O2S2/c1-2-9-21-16(14-6-3-10-23-14)19-20-17(21)25-12-15(22)18-8-7-13-5-4-11-24-13/h2-6,10-11H,1,7-9,12H2,(H,18,22). The lowest BCUT2D eigenvalue weighted by Crippen LogP contribution is -2.27. The number of hydrogen-bond acceptors (Lipinski definition) is 6. The van der Waals surface area contributed by atoms with Gasteiger partial charge in [-0.05, 0) is 30.0 Å². The first-order valence-electron chi connectivity index (χ1n) is 7.78. The van der Waals surface area contributed by atoms with Crippen LogP contribution in [-0.4, -0.2) is 33.0 Å². The van der Waals surface area contributed by atoms with Crippen molar-refractivity contribution < 1.29 is 9.21 Å². The molecule has 3 aromatic rings. The summed E-state index contributed by atoms with van der Waals surface area (Å²) in [4.78, 5) is 13.3. The van der Waals surface area contributed by atoms with Gasteiger partial charge in [0.05, 0.1) is 12.0 Å². The van der Waals surface area contributed by atoms with Crippen LogP contribution in [0, 0.1) is 0 Å². The lowest BCUT2D eigenvalue weighted by Gasteiger charge is -2.07. The van der Waals surface area contributed by atoms with Crippen molar-refractivity contribution in [3.63, 3.8) is 0 Å². The van der Waals surface area contributed by atoms with Crippen molar-refractivity contribution in [2.75, 3.05) is 12.3 Å². The lowest BCUT2D eigenvalue weighted by molar-refractivity contribution is -0.118. The van der Waals surface area contributed by atoms with E-state index in [-0.39, 0.29) is 11.7 Å². The maximum absolute atomic E-state index is 12.0. The molecule has 3 aromatic heterocycles. The Hall–Kier alpha value is -2.32.